The summed E-state index contributed by atoms with van der Waals surface area (Å²) in [7, 11) is -1.33. The van der Waals surface area contributed by atoms with Gasteiger partial charge in [0.1, 0.15) is 15.6 Å². The molecule has 0 heterocycles. The number of nitrogens with one attached hydrogen (secondary N) is 1. The topological polar surface area (TPSA) is 55.4 Å². The molecule has 6 heteroatoms. The van der Waals surface area contributed by atoms with Crippen LogP contribution in [0.25, 0.3) is 0 Å². The fourth-order valence-corrected chi connectivity index (χ4v) is 2.27. The summed E-state index contributed by atoms with van der Waals surface area (Å²) in [6.07, 6.45) is 1.81. The van der Waals surface area contributed by atoms with Crippen molar-refractivity contribution in [1.29, 1.82) is 0 Å². The second kappa shape index (κ2) is 6.12. The highest BCUT2D eigenvalue weighted by molar-refractivity contribution is 7.90. The van der Waals surface area contributed by atoms with Gasteiger partial charge in [-0.3, -0.25) is 0 Å². The average Bonchev–Trinajstić information content (AvgIpc) is 2.23. The summed E-state index contributed by atoms with van der Waals surface area (Å²) in [5.41, 5.74) is 0.851. The third-order valence-corrected chi connectivity index (χ3v) is 3.50. The Morgan fingerprint density at radius 3 is 2.65 bits per heavy atom. The molecule has 0 fully saturated rings. The van der Waals surface area contributed by atoms with E-state index in [0.717, 1.165) is 5.69 Å². The van der Waals surface area contributed by atoms with Crippen molar-refractivity contribution in [3.63, 3.8) is 0 Å². The highest BCUT2D eigenvalue weighted by atomic mass is 35.5. The second-order valence-corrected chi connectivity index (χ2v) is 6.43. The van der Waals surface area contributed by atoms with E-state index >= 15 is 0 Å². The van der Waals surface area contributed by atoms with Crippen LogP contribution in [0.4, 0.5) is 5.69 Å². The van der Waals surface area contributed by atoms with Gasteiger partial charge in [0.05, 0.1) is 17.9 Å². The molecule has 0 amide bonds. The minimum absolute atomic E-state index is 0.184. The molecule has 0 unspecified atom stereocenters. The highest BCUT2D eigenvalue weighted by Gasteiger charge is 2.03. The molecule has 0 saturated heterocycles. The summed E-state index contributed by atoms with van der Waals surface area (Å²) in [5.74, 6) is 0.803. The van der Waals surface area contributed by atoms with Gasteiger partial charge in [0.2, 0.25) is 0 Å². The Bertz CT molecular complexity index is 474. The molecule has 1 N–H and O–H groups in total. The Labute approximate surface area is 107 Å². The first-order valence-corrected chi connectivity index (χ1v) is 7.61. The van der Waals surface area contributed by atoms with E-state index in [2.05, 4.69) is 5.32 Å². The summed E-state index contributed by atoms with van der Waals surface area (Å²) in [6.45, 7) is 0.593. The third kappa shape index (κ3) is 5.28. The molecule has 0 aliphatic heterocycles. The van der Waals surface area contributed by atoms with Gasteiger partial charge < -0.3 is 10.1 Å². The molecular formula is C11H16ClNO3S. The van der Waals surface area contributed by atoms with Crippen LogP contribution < -0.4 is 10.1 Å². The lowest BCUT2D eigenvalue weighted by Gasteiger charge is -2.08. The van der Waals surface area contributed by atoms with Crippen molar-refractivity contribution in [2.24, 2.45) is 0 Å². The van der Waals surface area contributed by atoms with E-state index in [9.17, 15) is 8.42 Å². The van der Waals surface area contributed by atoms with Crippen LogP contribution in [0.2, 0.25) is 5.02 Å². The maximum atomic E-state index is 10.9. The summed E-state index contributed by atoms with van der Waals surface area (Å²) in [4.78, 5) is 0. The minimum atomic E-state index is -2.88. The summed E-state index contributed by atoms with van der Waals surface area (Å²) < 4.78 is 26.9. The van der Waals surface area contributed by atoms with Gasteiger partial charge >= 0.3 is 0 Å². The van der Waals surface area contributed by atoms with Crippen LogP contribution in [0.3, 0.4) is 0 Å². The second-order valence-electron chi connectivity index (χ2n) is 3.76. The van der Waals surface area contributed by atoms with Crippen molar-refractivity contribution < 1.29 is 13.2 Å². The molecule has 1 aromatic carbocycles. The van der Waals surface area contributed by atoms with Crippen LogP contribution in [0, 0.1) is 0 Å². The number of hydrogen-bond donors (Lipinski definition) is 1. The van der Waals surface area contributed by atoms with E-state index in [0.29, 0.717) is 23.7 Å². The molecule has 0 aromatic heterocycles. The molecule has 17 heavy (non-hydrogen) atoms. The number of benzene rings is 1. The average molecular weight is 278 g/mol. The fourth-order valence-electron chi connectivity index (χ4n) is 1.34. The van der Waals surface area contributed by atoms with Crippen LogP contribution in [0.5, 0.6) is 5.75 Å². The quantitative estimate of drug-likeness (QED) is 0.810. The first-order valence-electron chi connectivity index (χ1n) is 5.17. The van der Waals surface area contributed by atoms with Crippen LogP contribution >= 0.6 is 11.6 Å². The van der Waals surface area contributed by atoms with Crippen molar-refractivity contribution in [3.05, 3.63) is 23.2 Å². The van der Waals surface area contributed by atoms with Crippen molar-refractivity contribution in [3.8, 4) is 5.75 Å². The zero-order valence-corrected chi connectivity index (χ0v) is 11.4. The monoisotopic (exact) mass is 277 g/mol. The molecule has 4 nitrogen and oxygen atoms in total. The van der Waals surface area contributed by atoms with Gasteiger partial charge in [-0.2, -0.15) is 0 Å². The lowest BCUT2D eigenvalue weighted by molar-refractivity contribution is 0.415. The van der Waals surface area contributed by atoms with E-state index in [1.54, 1.807) is 19.2 Å². The fraction of sp³-hybridized carbons (Fsp3) is 0.455. The summed E-state index contributed by atoms with van der Waals surface area (Å²) in [5, 5.41) is 3.63. The standard InChI is InChI=1S/C11H16ClNO3S/c1-16-11-5-4-9(8-10(11)12)13-6-3-7-17(2,14)15/h4-5,8,13H,3,6-7H2,1-2H3. The number of rotatable bonds is 6. The number of anilines is 1. The molecule has 0 saturated carbocycles. The number of sulfone groups is 1. The minimum Gasteiger partial charge on any atom is -0.495 e. The maximum Gasteiger partial charge on any atom is 0.147 e. The van der Waals surface area contributed by atoms with E-state index in [-0.39, 0.29) is 5.75 Å². The summed E-state index contributed by atoms with van der Waals surface area (Å²) >= 11 is 5.95. The molecule has 0 aliphatic carbocycles. The lowest BCUT2D eigenvalue weighted by atomic mass is 10.3. The zero-order chi connectivity index (χ0) is 12.9. The van der Waals surface area contributed by atoms with Gasteiger partial charge in [-0.25, -0.2) is 8.42 Å². The van der Waals surface area contributed by atoms with Gasteiger partial charge in [0, 0.05) is 18.5 Å². The van der Waals surface area contributed by atoms with Gasteiger partial charge in [0.25, 0.3) is 0 Å². The van der Waals surface area contributed by atoms with Crippen molar-refractivity contribution >= 4 is 27.1 Å². The normalized spacial score (nSPS) is 11.2. The molecule has 1 aromatic rings. The van der Waals surface area contributed by atoms with E-state index in [4.69, 9.17) is 16.3 Å². The van der Waals surface area contributed by atoms with Crippen molar-refractivity contribution in [1.82, 2.24) is 0 Å². The van der Waals surface area contributed by atoms with Crippen molar-refractivity contribution in [2.75, 3.05) is 31.0 Å². The van der Waals surface area contributed by atoms with E-state index in [1.165, 1.54) is 6.26 Å². The lowest BCUT2D eigenvalue weighted by Crippen LogP contribution is -2.09. The molecule has 1 rings (SSSR count). The number of hydrogen-bond acceptors (Lipinski definition) is 4. The highest BCUT2D eigenvalue weighted by Crippen LogP contribution is 2.27. The Balaban J connectivity index is 2.45. The number of methoxy groups -OCH3 is 1. The molecule has 0 atom stereocenters. The van der Waals surface area contributed by atoms with Crippen LogP contribution in [0.15, 0.2) is 18.2 Å². The van der Waals surface area contributed by atoms with Crippen molar-refractivity contribution in [2.45, 2.75) is 6.42 Å². The number of halogens is 1. The Morgan fingerprint density at radius 2 is 2.12 bits per heavy atom. The van der Waals surface area contributed by atoms with Gasteiger partial charge in [0.15, 0.2) is 0 Å². The molecular weight excluding hydrogens is 262 g/mol. The van der Waals surface area contributed by atoms with Crippen LogP contribution in [0.1, 0.15) is 6.42 Å². The largest absolute Gasteiger partial charge is 0.495 e. The van der Waals surface area contributed by atoms with Crippen LogP contribution in [-0.2, 0) is 9.84 Å². The first kappa shape index (κ1) is 14.1. The van der Waals surface area contributed by atoms with E-state index < -0.39 is 9.84 Å². The Morgan fingerprint density at radius 1 is 1.41 bits per heavy atom. The Kier molecular flexibility index (Phi) is 5.08. The molecule has 0 spiro atoms. The van der Waals surface area contributed by atoms with Crippen LogP contribution in [-0.4, -0.2) is 34.1 Å². The van der Waals surface area contributed by atoms with E-state index in [1.807, 2.05) is 6.07 Å². The first-order chi connectivity index (χ1) is 7.92. The number of ether oxygens (including phenoxy) is 1. The molecule has 0 aliphatic rings. The smallest absolute Gasteiger partial charge is 0.147 e. The predicted octanol–water partition coefficient (Wildman–Crippen LogP) is 2.20. The SMILES string of the molecule is COc1ccc(NCCCS(C)(=O)=O)cc1Cl. The molecule has 0 radical (unpaired) electrons. The third-order valence-electron chi connectivity index (χ3n) is 2.17. The maximum absolute atomic E-state index is 10.9. The van der Waals surface area contributed by atoms with Gasteiger partial charge in [-0.05, 0) is 24.6 Å². The Hall–Kier alpha value is -0.940. The molecule has 96 valence electrons. The van der Waals surface area contributed by atoms with Gasteiger partial charge in [-0.15, -0.1) is 0 Å². The zero-order valence-electron chi connectivity index (χ0n) is 9.86. The predicted molar refractivity (Wildman–Crippen MR) is 70.8 cm³/mol. The summed E-state index contributed by atoms with van der Waals surface area (Å²) in [6, 6.07) is 5.35. The molecule has 0 bridgehead atoms. The van der Waals surface area contributed by atoms with Gasteiger partial charge in [-0.1, -0.05) is 11.6 Å².